The molecule has 4 amide bonds. The monoisotopic (exact) mass is 953 g/mol. The Morgan fingerprint density at radius 1 is 0.985 bits per heavy atom. The number of amides is 4. The van der Waals surface area contributed by atoms with Crippen molar-refractivity contribution in [3.63, 3.8) is 0 Å². The molecule has 7 atom stereocenters. The number of hydrogen-bond acceptors (Lipinski definition) is 12. The number of nitrogens with one attached hydrogen (secondary N) is 3. The highest BCUT2D eigenvalue weighted by atomic mass is 32.2. The fourth-order valence-electron chi connectivity index (χ4n) is 8.50. The summed E-state index contributed by atoms with van der Waals surface area (Å²) in [6, 6.07) is 7.76. The van der Waals surface area contributed by atoms with Gasteiger partial charge in [0.15, 0.2) is 0 Å². The first-order valence-electron chi connectivity index (χ1n) is 22.5. The topological polar surface area (TPSA) is 208 Å². The van der Waals surface area contributed by atoms with Crippen LogP contribution in [0.25, 0.3) is 22.6 Å². The van der Waals surface area contributed by atoms with Crippen molar-refractivity contribution in [3.05, 3.63) is 67.1 Å². The van der Waals surface area contributed by atoms with Crippen LogP contribution in [0.1, 0.15) is 93.4 Å². The molecule has 4 aliphatic rings. The van der Waals surface area contributed by atoms with E-state index < -0.39 is 85.9 Å². The van der Waals surface area contributed by atoms with Crippen molar-refractivity contribution in [2.24, 2.45) is 17.8 Å². The zero-order valence-electron chi connectivity index (χ0n) is 38.6. The molecule has 20 heteroatoms. The number of allylic oxidation sites excluding steroid dienone is 1. The summed E-state index contributed by atoms with van der Waals surface area (Å²) in [4.78, 5) is 71.8. The fraction of sp³-hybridized carbons (Fsp3) is 0.553. The molecule has 2 aromatic heterocycles. The molecular weight excluding hydrogens is 896 g/mol. The molecule has 16 nitrogen and oxygen atoms in total. The number of nitrogens with zero attached hydrogens (tertiary/aromatic N) is 4. The molecule has 67 heavy (non-hydrogen) atoms. The lowest BCUT2D eigenvalue weighted by molar-refractivity contribution is -0.244. The standard InChI is InChI=1S/C47H58F3N7O9S/c1-27(2)64-32-14-12-30(13-15-32)35-21-33(22-36(53-35)37-25-51-18-19-52-37)65-34-23-38-40(58)55-46(42(60)56-67(62,63)45(7)16-17-45)24-31(46)11-9-8-10-28(3)20-29(4)39(41(59)57(38)26-34)54-43(61)66-44(5,6)47(48,49)50/h9,11-15,18-19,21-22,25,27-29,31,34,38-39H,8,10,16-17,20,23-24,26H2,1-7H3,(H,54,61)(H,55,58)(H,56,60)/b11-9-/t28-,29+,31+,34+,38-,39-,46+/m0/s1. The average Bonchev–Trinajstić information content (AvgIpc) is 4.14. The number of benzene rings is 1. The average molecular weight is 954 g/mol. The predicted octanol–water partition coefficient (Wildman–Crippen LogP) is 6.66. The predicted molar refractivity (Wildman–Crippen MR) is 240 cm³/mol. The molecule has 0 radical (unpaired) electrons. The molecule has 3 fully saturated rings. The molecule has 1 saturated heterocycles. The molecule has 1 aromatic carbocycles. The lowest BCUT2D eigenvalue weighted by Gasteiger charge is -2.34. The second kappa shape index (κ2) is 18.7. The summed E-state index contributed by atoms with van der Waals surface area (Å²) >= 11 is 0. The van der Waals surface area contributed by atoms with Crippen molar-refractivity contribution < 1.29 is 55.0 Å². The molecule has 0 spiro atoms. The van der Waals surface area contributed by atoms with Crippen LogP contribution >= 0.6 is 0 Å². The summed E-state index contributed by atoms with van der Waals surface area (Å²) in [5, 5.41) is 5.23. The lowest BCUT2D eigenvalue weighted by Crippen LogP contribution is -2.59. The van der Waals surface area contributed by atoms with Crippen molar-refractivity contribution in [3.8, 4) is 34.1 Å². The fourth-order valence-corrected chi connectivity index (χ4v) is 9.81. The molecule has 0 unspecified atom stereocenters. The number of halogens is 3. The van der Waals surface area contributed by atoms with Gasteiger partial charge in [0.1, 0.15) is 40.9 Å². The summed E-state index contributed by atoms with van der Waals surface area (Å²) in [5.74, 6) is -2.87. The van der Waals surface area contributed by atoms with E-state index in [-0.39, 0.29) is 37.2 Å². The number of carbonyl (C=O) groups excluding carboxylic acids is 4. The van der Waals surface area contributed by atoms with Gasteiger partial charge in [-0.2, -0.15) is 13.2 Å². The van der Waals surface area contributed by atoms with Crippen molar-refractivity contribution in [1.29, 1.82) is 0 Å². The maximum atomic E-state index is 15.0. The highest BCUT2D eigenvalue weighted by Gasteiger charge is 2.63. The quantitative estimate of drug-likeness (QED) is 0.173. The number of fused-ring (bicyclic) bond motifs is 2. The number of alkyl carbamates (subject to hydrolysis) is 1. The van der Waals surface area contributed by atoms with Crippen LogP contribution in [0.3, 0.4) is 0 Å². The van der Waals surface area contributed by atoms with Gasteiger partial charge in [-0.3, -0.25) is 29.1 Å². The van der Waals surface area contributed by atoms with E-state index in [1.54, 1.807) is 37.3 Å². The second-order valence-corrected chi connectivity index (χ2v) is 21.5. The Morgan fingerprint density at radius 2 is 1.69 bits per heavy atom. The Labute approximate surface area is 388 Å². The van der Waals surface area contributed by atoms with Gasteiger partial charge in [0.25, 0.3) is 5.91 Å². The minimum Gasteiger partial charge on any atom is -0.491 e. The van der Waals surface area contributed by atoms with E-state index in [1.807, 2.05) is 39.0 Å². The van der Waals surface area contributed by atoms with Crippen molar-refractivity contribution >= 4 is 33.8 Å². The van der Waals surface area contributed by atoms with Crippen LogP contribution in [-0.4, -0.2) is 105 Å². The van der Waals surface area contributed by atoms with Crippen LogP contribution in [0.4, 0.5) is 18.0 Å². The molecule has 0 bridgehead atoms. The van der Waals surface area contributed by atoms with Gasteiger partial charge < -0.3 is 29.7 Å². The Hall–Kier alpha value is -5.79. The summed E-state index contributed by atoms with van der Waals surface area (Å²) < 4.78 is 86.6. The number of rotatable bonds is 11. The molecule has 362 valence electrons. The number of aromatic nitrogens is 3. The molecular formula is C47H58F3N7O9S. The molecule has 7 rings (SSSR count). The summed E-state index contributed by atoms with van der Waals surface area (Å²) in [5.41, 5.74) is -2.57. The lowest BCUT2D eigenvalue weighted by atomic mass is 9.88. The van der Waals surface area contributed by atoms with Crippen molar-refractivity contribution in [1.82, 2.24) is 35.2 Å². The van der Waals surface area contributed by atoms with E-state index >= 15 is 0 Å². The van der Waals surface area contributed by atoms with Crippen molar-refractivity contribution in [2.45, 2.75) is 140 Å². The maximum absolute atomic E-state index is 15.0. The van der Waals surface area contributed by atoms with Gasteiger partial charge in [0, 0.05) is 42.4 Å². The Kier molecular flexibility index (Phi) is 13.7. The van der Waals surface area contributed by atoms with Gasteiger partial charge in [-0.1, -0.05) is 26.0 Å². The van der Waals surface area contributed by atoms with Crippen LogP contribution in [0, 0.1) is 17.8 Å². The van der Waals surface area contributed by atoms with Crippen LogP contribution in [-0.2, 0) is 29.1 Å². The smallest absolute Gasteiger partial charge is 0.427 e. The number of ether oxygens (including phenoxy) is 3. The Morgan fingerprint density at radius 3 is 2.33 bits per heavy atom. The van der Waals surface area contributed by atoms with Crippen LogP contribution in [0.2, 0.25) is 0 Å². The highest BCUT2D eigenvalue weighted by molar-refractivity contribution is 7.91. The van der Waals surface area contributed by atoms with Gasteiger partial charge in [-0.15, -0.1) is 0 Å². The summed E-state index contributed by atoms with van der Waals surface area (Å²) in [6.45, 7) is 10.1. The van der Waals surface area contributed by atoms with E-state index in [2.05, 4.69) is 25.3 Å². The normalized spacial score (nSPS) is 27.0. The first-order chi connectivity index (χ1) is 31.4. The zero-order valence-corrected chi connectivity index (χ0v) is 39.4. The zero-order chi connectivity index (χ0) is 48.7. The van der Waals surface area contributed by atoms with E-state index in [1.165, 1.54) is 30.4 Å². The van der Waals surface area contributed by atoms with Gasteiger partial charge in [0.2, 0.25) is 27.4 Å². The Bertz CT molecular complexity index is 2490. The molecule has 3 N–H and O–H groups in total. The van der Waals surface area contributed by atoms with Gasteiger partial charge in [-0.25, -0.2) is 18.2 Å². The number of alkyl halides is 3. The summed E-state index contributed by atoms with van der Waals surface area (Å²) in [7, 11) is -4.11. The number of sulfonamides is 1. The molecule has 2 saturated carbocycles. The van der Waals surface area contributed by atoms with Gasteiger partial charge in [-0.05, 0) is 109 Å². The van der Waals surface area contributed by atoms with E-state index in [0.717, 1.165) is 0 Å². The van der Waals surface area contributed by atoms with Crippen LogP contribution in [0.15, 0.2) is 67.1 Å². The minimum atomic E-state index is -4.93. The van der Waals surface area contributed by atoms with Crippen LogP contribution < -0.4 is 24.8 Å². The molecule has 4 heterocycles. The first kappa shape index (κ1) is 49.1. The third kappa shape index (κ3) is 11.0. The Balaban J connectivity index is 1.25. The highest BCUT2D eigenvalue weighted by Crippen LogP contribution is 2.48. The van der Waals surface area contributed by atoms with Crippen LogP contribution in [0.5, 0.6) is 11.5 Å². The van der Waals surface area contributed by atoms with E-state index in [9.17, 15) is 40.8 Å². The SMILES string of the molecule is CC(C)Oc1ccc(-c2cc(O[C@@H]3C[C@H]4C(=O)N[C@]5(C(=O)NS(=O)(=O)C6(C)CC6)C[C@H]5/C=C\CC[C@H](C)C[C@@H](C)[C@H](NC(=O)OC(C)(C)C(F)(F)F)C(=O)N4C3)cc(-c3cnccn3)n2)cc1. The van der Waals surface area contributed by atoms with Gasteiger partial charge in [0.05, 0.1) is 35.0 Å². The number of hydrogen-bond donors (Lipinski definition) is 3. The molecule has 2 aliphatic carbocycles. The second-order valence-electron chi connectivity index (χ2n) is 19.3. The van der Waals surface area contributed by atoms with E-state index in [4.69, 9.17) is 19.2 Å². The first-order valence-corrected chi connectivity index (χ1v) is 24.0. The molecule has 3 aromatic rings. The summed E-state index contributed by atoms with van der Waals surface area (Å²) in [6.07, 6.45) is 2.96. The van der Waals surface area contributed by atoms with Crippen molar-refractivity contribution in [2.75, 3.05) is 6.54 Å². The molecule has 2 aliphatic heterocycles. The maximum Gasteiger partial charge on any atom is 0.427 e. The van der Waals surface area contributed by atoms with E-state index in [0.29, 0.717) is 74.3 Å². The minimum absolute atomic E-state index is 0.0518. The third-order valence-corrected chi connectivity index (χ3v) is 15.2. The number of pyridine rings is 1. The van der Waals surface area contributed by atoms with Gasteiger partial charge >= 0.3 is 12.3 Å². The largest absolute Gasteiger partial charge is 0.491 e. The third-order valence-electron chi connectivity index (χ3n) is 13.0. The number of carbonyl (C=O) groups is 4.